The van der Waals surface area contributed by atoms with Crippen molar-refractivity contribution in [3.05, 3.63) is 41.7 Å². The number of hydrogen-bond acceptors (Lipinski definition) is 4. The Kier molecular flexibility index (Phi) is 5.82. The number of nitrogens with one attached hydrogen (secondary N) is 2. The lowest BCUT2D eigenvalue weighted by Crippen LogP contribution is -2.51. The number of hydrogen-bond donors (Lipinski definition) is 4. The molecule has 7 heteroatoms. The van der Waals surface area contributed by atoms with Gasteiger partial charge in [-0.05, 0) is 30.7 Å². The third-order valence-corrected chi connectivity index (χ3v) is 2.47. The number of aliphatic hydroxyl groups is 1. The summed E-state index contributed by atoms with van der Waals surface area (Å²) in [6.07, 6.45) is 1.38. The van der Waals surface area contributed by atoms with E-state index in [0.29, 0.717) is 5.56 Å². The van der Waals surface area contributed by atoms with Crippen LogP contribution in [0.25, 0.3) is 6.08 Å². The van der Waals surface area contributed by atoms with Crippen molar-refractivity contribution in [1.29, 1.82) is 0 Å². The van der Waals surface area contributed by atoms with Crippen LogP contribution in [0.4, 0.5) is 4.39 Å². The van der Waals surface area contributed by atoms with Gasteiger partial charge in [0.1, 0.15) is 11.9 Å². The molecule has 0 aliphatic heterocycles. The molecular weight excluding hydrogens is 267 g/mol. The van der Waals surface area contributed by atoms with Gasteiger partial charge in [-0.25, -0.2) is 9.87 Å². The number of carbonyl (C=O) groups is 2. The second kappa shape index (κ2) is 7.37. The quantitative estimate of drug-likeness (QED) is 0.352. The Bertz CT molecular complexity index is 500. The molecule has 0 fully saturated rings. The summed E-state index contributed by atoms with van der Waals surface area (Å²) in [7, 11) is 0. The Morgan fingerprint density at radius 1 is 1.30 bits per heavy atom. The molecule has 0 bridgehead atoms. The van der Waals surface area contributed by atoms with Gasteiger partial charge in [0.05, 0.1) is 6.10 Å². The summed E-state index contributed by atoms with van der Waals surface area (Å²) in [6.45, 7) is 1.30. The molecule has 6 nitrogen and oxygen atoms in total. The summed E-state index contributed by atoms with van der Waals surface area (Å²) in [6, 6.07) is 4.17. The standard InChI is InChI=1S/C13H15FN2O4/c1-8(17)12(13(19)16-20)15-11(18)7-4-9-2-5-10(14)6-3-9/h2-8,12,17,20H,1H3,(H,15,18)(H,16,19)/b7-4+/t8-,12+/m1/s1. The van der Waals surface area contributed by atoms with Crippen LogP contribution in [0.3, 0.4) is 0 Å². The predicted molar refractivity (Wildman–Crippen MR) is 69.0 cm³/mol. The Balaban J connectivity index is 2.66. The summed E-state index contributed by atoms with van der Waals surface area (Å²) in [4.78, 5) is 22.8. The number of rotatable bonds is 5. The highest BCUT2D eigenvalue weighted by atomic mass is 19.1. The van der Waals surface area contributed by atoms with Gasteiger partial charge in [0, 0.05) is 6.08 Å². The third-order valence-electron chi connectivity index (χ3n) is 2.47. The van der Waals surface area contributed by atoms with Crippen molar-refractivity contribution in [2.24, 2.45) is 0 Å². The van der Waals surface area contributed by atoms with Gasteiger partial charge in [-0.3, -0.25) is 14.8 Å². The van der Waals surface area contributed by atoms with Gasteiger partial charge in [0.15, 0.2) is 0 Å². The van der Waals surface area contributed by atoms with Crippen LogP contribution in [0.1, 0.15) is 12.5 Å². The van der Waals surface area contributed by atoms with Gasteiger partial charge in [-0.2, -0.15) is 0 Å². The molecule has 4 N–H and O–H groups in total. The summed E-state index contributed by atoms with van der Waals surface area (Å²) >= 11 is 0. The minimum atomic E-state index is -1.27. The highest BCUT2D eigenvalue weighted by Gasteiger charge is 2.24. The van der Waals surface area contributed by atoms with Crippen molar-refractivity contribution in [3.63, 3.8) is 0 Å². The van der Waals surface area contributed by atoms with E-state index in [2.05, 4.69) is 5.32 Å². The molecule has 0 aromatic heterocycles. The third kappa shape index (κ3) is 4.79. The van der Waals surface area contributed by atoms with Crippen LogP contribution in [-0.4, -0.2) is 34.3 Å². The topological polar surface area (TPSA) is 98.7 Å². The first-order valence-electron chi connectivity index (χ1n) is 5.80. The molecule has 108 valence electrons. The molecular formula is C13H15FN2O4. The maximum absolute atomic E-state index is 12.7. The number of hydroxylamine groups is 1. The van der Waals surface area contributed by atoms with Crippen molar-refractivity contribution in [2.75, 3.05) is 0 Å². The fraction of sp³-hybridized carbons (Fsp3) is 0.231. The highest BCUT2D eigenvalue weighted by Crippen LogP contribution is 2.04. The van der Waals surface area contributed by atoms with E-state index in [0.717, 1.165) is 6.08 Å². The second-order valence-corrected chi connectivity index (χ2v) is 4.09. The Hall–Kier alpha value is -2.25. The van der Waals surface area contributed by atoms with Crippen LogP contribution in [0.15, 0.2) is 30.3 Å². The molecule has 2 amide bonds. The van der Waals surface area contributed by atoms with Crippen molar-refractivity contribution < 1.29 is 24.3 Å². The summed E-state index contributed by atoms with van der Waals surface area (Å²) < 4.78 is 12.7. The fourth-order valence-corrected chi connectivity index (χ4v) is 1.42. The van der Waals surface area contributed by atoms with Crippen LogP contribution in [0.5, 0.6) is 0 Å². The zero-order valence-corrected chi connectivity index (χ0v) is 10.7. The number of benzene rings is 1. The number of carbonyl (C=O) groups excluding carboxylic acids is 2. The van der Waals surface area contributed by atoms with E-state index < -0.39 is 24.0 Å². The number of halogens is 1. The average Bonchev–Trinajstić information content (AvgIpc) is 2.43. The van der Waals surface area contributed by atoms with E-state index in [-0.39, 0.29) is 5.82 Å². The molecule has 0 heterocycles. The normalized spacial score (nSPS) is 13.8. The lowest BCUT2D eigenvalue weighted by Gasteiger charge is -2.18. The van der Waals surface area contributed by atoms with Crippen LogP contribution >= 0.6 is 0 Å². The van der Waals surface area contributed by atoms with Gasteiger partial charge in [-0.15, -0.1) is 0 Å². The minimum absolute atomic E-state index is 0.389. The minimum Gasteiger partial charge on any atom is -0.391 e. The fourth-order valence-electron chi connectivity index (χ4n) is 1.42. The smallest absolute Gasteiger partial charge is 0.268 e. The van der Waals surface area contributed by atoms with Gasteiger partial charge in [0.25, 0.3) is 5.91 Å². The Labute approximate surface area is 114 Å². The van der Waals surface area contributed by atoms with E-state index in [1.54, 1.807) is 0 Å². The first-order chi connectivity index (χ1) is 9.43. The highest BCUT2D eigenvalue weighted by molar-refractivity contribution is 5.95. The lowest BCUT2D eigenvalue weighted by molar-refractivity contribution is -0.136. The van der Waals surface area contributed by atoms with E-state index in [1.165, 1.54) is 42.7 Å². The molecule has 1 rings (SSSR count). The average molecular weight is 282 g/mol. The summed E-state index contributed by atoms with van der Waals surface area (Å²) in [5, 5.41) is 20.0. The molecule has 1 aromatic carbocycles. The molecule has 2 atom stereocenters. The van der Waals surface area contributed by atoms with E-state index in [9.17, 15) is 19.1 Å². The van der Waals surface area contributed by atoms with Gasteiger partial charge >= 0.3 is 0 Å². The second-order valence-electron chi connectivity index (χ2n) is 4.09. The predicted octanol–water partition coefficient (Wildman–Crippen LogP) is 0.210. The van der Waals surface area contributed by atoms with Gasteiger partial charge in [-0.1, -0.05) is 12.1 Å². The van der Waals surface area contributed by atoms with E-state index >= 15 is 0 Å². The summed E-state index contributed by atoms with van der Waals surface area (Å²) in [5.41, 5.74) is 1.95. The van der Waals surface area contributed by atoms with Crippen LogP contribution in [-0.2, 0) is 9.59 Å². The lowest BCUT2D eigenvalue weighted by atomic mass is 10.1. The van der Waals surface area contributed by atoms with Crippen molar-refractivity contribution >= 4 is 17.9 Å². The summed E-state index contributed by atoms with van der Waals surface area (Å²) in [5.74, 6) is -1.95. The first-order valence-corrected chi connectivity index (χ1v) is 5.80. The molecule has 0 aliphatic rings. The van der Waals surface area contributed by atoms with Gasteiger partial charge in [0.2, 0.25) is 5.91 Å². The Morgan fingerprint density at radius 2 is 1.90 bits per heavy atom. The van der Waals surface area contributed by atoms with Crippen LogP contribution in [0, 0.1) is 5.82 Å². The van der Waals surface area contributed by atoms with Crippen LogP contribution < -0.4 is 10.8 Å². The monoisotopic (exact) mass is 282 g/mol. The maximum atomic E-state index is 12.7. The van der Waals surface area contributed by atoms with Crippen LogP contribution in [0.2, 0.25) is 0 Å². The number of aliphatic hydroxyl groups excluding tert-OH is 1. The molecule has 0 spiro atoms. The van der Waals surface area contributed by atoms with Gasteiger partial charge < -0.3 is 10.4 Å². The van der Waals surface area contributed by atoms with Crippen molar-refractivity contribution in [2.45, 2.75) is 19.1 Å². The molecule has 0 saturated carbocycles. The van der Waals surface area contributed by atoms with Crippen molar-refractivity contribution in [1.82, 2.24) is 10.8 Å². The SMILES string of the molecule is C[C@@H](O)[C@H](NC(=O)/C=C/c1ccc(F)cc1)C(=O)NO. The van der Waals surface area contributed by atoms with Crippen molar-refractivity contribution in [3.8, 4) is 0 Å². The van der Waals surface area contributed by atoms with E-state index in [4.69, 9.17) is 5.21 Å². The molecule has 0 unspecified atom stereocenters. The molecule has 0 radical (unpaired) electrons. The first kappa shape index (κ1) is 15.8. The molecule has 0 saturated heterocycles. The zero-order chi connectivity index (χ0) is 15.1. The largest absolute Gasteiger partial charge is 0.391 e. The Morgan fingerprint density at radius 3 is 2.40 bits per heavy atom. The maximum Gasteiger partial charge on any atom is 0.268 e. The van der Waals surface area contributed by atoms with E-state index in [1.807, 2.05) is 0 Å². The zero-order valence-electron chi connectivity index (χ0n) is 10.7. The molecule has 1 aromatic rings. The molecule has 20 heavy (non-hydrogen) atoms. The molecule has 0 aliphatic carbocycles. The number of amides is 2.